The van der Waals surface area contributed by atoms with Crippen LogP contribution in [0.15, 0.2) is 0 Å². The molecular formula is C11H21NO. The first-order valence-corrected chi connectivity index (χ1v) is 5.64. The fourth-order valence-corrected chi connectivity index (χ4v) is 3.23. The molecule has 2 heterocycles. The van der Waals surface area contributed by atoms with Gasteiger partial charge in [0.15, 0.2) is 0 Å². The minimum Gasteiger partial charge on any atom is -0.393 e. The van der Waals surface area contributed by atoms with Gasteiger partial charge in [-0.15, -0.1) is 0 Å². The van der Waals surface area contributed by atoms with Crippen LogP contribution in [0, 0.1) is 0 Å². The highest BCUT2D eigenvalue weighted by Crippen LogP contribution is 2.35. The number of rotatable bonds is 1. The second-order valence-corrected chi connectivity index (χ2v) is 4.90. The van der Waals surface area contributed by atoms with Crippen LogP contribution in [0.3, 0.4) is 0 Å². The monoisotopic (exact) mass is 183 g/mol. The number of piperidine rings is 2. The van der Waals surface area contributed by atoms with E-state index in [1.807, 2.05) is 0 Å². The van der Waals surface area contributed by atoms with Crippen LogP contribution in [0.5, 0.6) is 0 Å². The molecule has 76 valence electrons. The molecule has 2 saturated heterocycles. The quantitative estimate of drug-likeness (QED) is 0.669. The van der Waals surface area contributed by atoms with Gasteiger partial charge >= 0.3 is 0 Å². The lowest BCUT2D eigenvalue weighted by molar-refractivity contribution is -0.0429. The Morgan fingerprint density at radius 3 is 2.15 bits per heavy atom. The molecule has 2 fully saturated rings. The molecule has 0 saturated carbocycles. The normalized spacial score (nSPS) is 41.1. The van der Waals surface area contributed by atoms with Crippen molar-refractivity contribution in [3.63, 3.8) is 0 Å². The molecule has 2 bridgehead atoms. The van der Waals surface area contributed by atoms with Crippen molar-refractivity contribution in [2.45, 2.75) is 70.2 Å². The fourth-order valence-electron chi connectivity index (χ4n) is 3.23. The average Bonchev–Trinajstić information content (AvgIpc) is 2.01. The highest BCUT2D eigenvalue weighted by Gasteiger charge is 2.38. The first-order valence-electron chi connectivity index (χ1n) is 5.64. The maximum absolute atomic E-state index is 9.69. The third-order valence-corrected chi connectivity index (χ3v) is 3.60. The molecule has 0 aromatic rings. The number of hydrogen-bond donors (Lipinski definition) is 1. The third kappa shape index (κ3) is 1.75. The molecule has 0 aromatic carbocycles. The van der Waals surface area contributed by atoms with Gasteiger partial charge in [-0.2, -0.15) is 0 Å². The van der Waals surface area contributed by atoms with E-state index in [9.17, 15) is 5.11 Å². The van der Waals surface area contributed by atoms with Crippen molar-refractivity contribution >= 4 is 0 Å². The predicted molar refractivity (Wildman–Crippen MR) is 53.6 cm³/mol. The van der Waals surface area contributed by atoms with Crippen LogP contribution in [-0.4, -0.2) is 34.2 Å². The van der Waals surface area contributed by atoms with Gasteiger partial charge in [0.25, 0.3) is 0 Å². The molecule has 2 atom stereocenters. The Morgan fingerprint density at radius 2 is 1.69 bits per heavy atom. The lowest BCUT2D eigenvalue weighted by Crippen LogP contribution is -2.56. The van der Waals surface area contributed by atoms with Gasteiger partial charge in [-0.3, -0.25) is 4.90 Å². The molecule has 1 N–H and O–H groups in total. The van der Waals surface area contributed by atoms with Crippen LogP contribution in [0.2, 0.25) is 0 Å². The highest BCUT2D eigenvalue weighted by molar-refractivity contribution is 4.93. The van der Waals surface area contributed by atoms with E-state index in [2.05, 4.69) is 18.7 Å². The van der Waals surface area contributed by atoms with E-state index in [4.69, 9.17) is 0 Å². The van der Waals surface area contributed by atoms with Gasteiger partial charge in [0.1, 0.15) is 0 Å². The van der Waals surface area contributed by atoms with Gasteiger partial charge in [-0.05, 0) is 39.5 Å². The molecule has 13 heavy (non-hydrogen) atoms. The third-order valence-electron chi connectivity index (χ3n) is 3.60. The number of fused-ring (bicyclic) bond motifs is 2. The number of hydrogen-bond acceptors (Lipinski definition) is 2. The van der Waals surface area contributed by atoms with Gasteiger partial charge in [0.05, 0.1) is 6.10 Å². The van der Waals surface area contributed by atoms with Gasteiger partial charge < -0.3 is 5.11 Å². The summed E-state index contributed by atoms with van der Waals surface area (Å²) in [7, 11) is 0. The Kier molecular flexibility index (Phi) is 2.61. The summed E-state index contributed by atoms with van der Waals surface area (Å²) < 4.78 is 0. The molecule has 2 aliphatic rings. The van der Waals surface area contributed by atoms with Crippen molar-refractivity contribution in [2.24, 2.45) is 0 Å². The SMILES string of the molecule is CC(C)N1[C@@H]2CCC[C@@H]1CC(O)C2. The summed E-state index contributed by atoms with van der Waals surface area (Å²) in [6.07, 6.45) is 5.96. The summed E-state index contributed by atoms with van der Waals surface area (Å²) in [5, 5.41) is 9.69. The highest BCUT2D eigenvalue weighted by atomic mass is 16.3. The van der Waals surface area contributed by atoms with E-state index < -0.39 is 0 Å². The van der Waals surface area contributed by atoms with Crippen molar-refractivity contribution in [2.75, 3.05) is 0 Å². The first-order chi connectivity index (χ1) is 6.18. The van der Waals surface area contributed by atoms with E-state index in [-0.39, 0.29) is 6.10 Å². The lowest BCUT2D eigenvalue weighted by Gasteiger charge is -2.50. The van der Waals surface area contributed by atoms with E-state index in [1.54, 1.807) is 0 Å². The number of nitrogens with zero attached hydrogens (tertiary/aromatic N) is 1. The summed E-state index contributed by atoms with van der Waals surface area (Å²) in [5.41, 5.74) is 0. The van der Waals surface area contributed by atoms with Gasteiger partial charge in [-0.1, -0.05) is 6.42 Å². The fraction of sp³-hybridized carbons (Fsp3) is 1.00. The van der Waals surface area contributed by atoms with Crippen LogP contribution in [0.4, 0.5) is 0 Å². The van der Waals surface area contributed by atoms with Crippen molar-refractivity contribution < 1.29 is 5.11 Å². The van der Waals surface area contributed by atoms with Crippen LogP contribution >= 0.6 is 0 Å². The summed E-state index contributed by atoms with van der Waals surface area (Å²) >= 11 is 0. The summed E-state index contributed by atoms with van der Waals surface area (Å²) in [4.78, 5) is 2.64. The molecule has 0 spiro atoms. The summed E-state index contributed by atoms with van der Waals surface area (Å²) in [5.74, 6) is 0. The van der Waals surface area contributed by atoms with Crippen molar-refractivity contribution in [3.05, 3.63) is 0 Å². The zero-order chi connectivity index (χ0) is 9.42. The first kappa shape index (κ1) is 9.47. The Labute approximate surface area is 80.9 Å². The molecule has 2 rings (SSSR count). The summed E-state index contributed by atoms with van der Waals surface area (Å²) in [6, 6.07) is 1.99. The molecular weight excluding hydrogens is 162 g/mol. The van der Waals surface area contributed by atoms with Crippen molar-refractivity contribution in [1.82, 2.24) is 4.90 Å². The standard InChI is InChI=1S/C11H21NO/c1-8(2)12-9-4-3-5-10(12)7-11(13)6-9/h8-11,13H,3-7H2,1-2H3/t9-,10-/m1/s1. The minimum atomic E-state index is -0.0229. The Morgan fingerprint density at radius 1 is 1.15 bits per heavy atom. The molecule has 2 aliphatic heterocycles. The molecule has 0 aliphatic carbocycles. The Balaban J connectivity index is 2.10. The van der Waals surface area contributed by atoms with Crippen molar-refractivity contribution in [3.8, 4) is 0 Å². The molecule has 0 radical (unpaired) electrons. The van der Waals surface area contributed by atoms with Crippen LogP contribution in [-0.2, 0) is 0 Å². The van der Waals surface area contributed by atoms with Crippen molar-refractivity contribution in [1.29, 1.82) is 0 Å². The second kappa shape index (κ2) is 3.58. The second-order valence-electron chi connectivity index (χ2n) is 4.90. The van der Waals surface area contributed by atoms with E-state index >= 15 is 0 Å². The Bertz CT molecular complexity index is 167. The minimum absolute atomic E-state index is 0.0229. The molecule has 2 heteroatoms. The molecule has 0 aromatic heterocycles. The van der Waals surface area contributed by atoms with Gasteiger partial charge in [0.2, 0.25) is 0 Å². The van der Waals surface area contributed by atoms with E-state index in [0.717, 1.165) is 12.8 Å². The molecule has 0 amide bonds. The zero-order valence-corrected chi connectivity index (χ0v) is 8.74. The smallest absolute Gasteiger partial charge is 0.0570 e. The average molecular weight is 183 g/mol. The predicted octanol–water partition coefficient (Wildman–Crippen LogP) is 1.77. The maximum Gasteiger partial charge on any atom is 0.0570 e. The molecule has 2 nitrogen and oxygen atoms in total. The Hall–Kier alpha value is -0.0800. The zero-order valence-electron chi connectivity index (χ0n) is 8.74. The van der Waals surface area contributed by atoms with Gasteiger partial charge in [0, 0.05) is 18.1 Å². The number of aliphatic hydroxyl groups is 1. The largest absolute Gasteiger partial charge is 0.393 e. The van der Waals surface area contributed by atoms with E-state index in [0.29, 0.717) is 18.1 Å². The number of aliphatic hydroxyl groups excluding tert-OH is 1. The summed E-state index contributed by atoms with van der Waals surface area (Å²) in [6.45, 7) is 4.56. The lowest BCUT2D eigenvalue weighted by atomic mass is 9.82. The van der Waals surface area contributed by atoms with Crippen LogP contribution in [0.1, 0.15) is 46.0 Å². The maximum atomic E-state index is 9.69. The van der Waals surface area contributed by atoms with Gasteiger partial charge in [-0.25, -0.2) is 0 Å². The van der Waals surface area contributed by atoms with Crippen LogP contribution < -0.4 is 0 Å². The van der Waals surface area contributed by atoms with E-state index in [1.165, 1.54) is 19.3 Å². The van der Waals surface area contributed by atoms with Crippen LogP contribution in [0.25, 0.3) is 0 Å². The topological polar surface area (TPSA) is 23.5 Å². The molecule has 0 unspecified atom stereocenters.